The molecule has 0 unspecified atom stereocenters. The number of rotatable bonds is 4. The molecule has 0 fully saturated rings. The van der Waals surface area contributed by atoms with Crippen molar-refractivity contribution in [2.45, 2.75) is 0 Å². The molecule has 10 heteroatoms. The van der Waals surface area contributed by atoms with Crippen LogP contribution in [0.25, 0.3) is 27.8 Å². The van der Waals surface area contributed by atoms with Gasteiger partial charge in [-0.05, 0) is 23.8 Å². The van der Waals surface area contributed by atoms with Crippen LogP contribution in [0.2, 0.25) is 5.02 Å². The lowest BCUT2D eigenvalue weighted by molar-refractivity contribution is -0.120. The van der Waals surface area contributed by atoms with Gasteiger partial charge in [0.2, 0.25) is 0 Å². The zero-order valence-corrected chi connectivity index (χ0v) is 14.8. The maximum absolute atomic E-state index is 12.6. The summed E-state index contributed by atoms with van der Waals surface area (Å²) >= 11 is 5.93. The Balaban J connectivity index is 1.83. The van der Waals surface area contributed by atoms with Crippen LogP contribution >= 0.6 is 11.6 Å². The van der Waals surface area contributed by atoms with E-state index in [4.69, 9.17) is 16.3 Å². The summed E-state index contributed by atoms with van der Waals surface area (Å²) in [4.78, 5) is 24.2. The van der Waals surface area contributed by atoms with Crippen LogP contribution in [0.1, 0.15) is 0 Å². The van der Waals surface area contributed by atoms with Gasteiger partial charge in [-0.2, -0.15) is 5.10 Å². The standard InChI is InChI=1S/C17H13ClN6O3/c1-27-9-14(25)22-23-7-6-13-15(17(23)26)20-21-16-12(8-19-24(13)16)10-2-4-11(18)5-3-10/h2-8H,9H2,1H3,(H,22,25). The predicted molar refractivity (Wildman–Crippen MR) is 99.2 cm³/mol. The number of ether oxygens (including phenoxy) is 1. The number of nitrogens with one attached hydrogen (secondary N) is 1. The van der Waals surface area contributed by atoms with Crippen molar-refractivity contribution in [1.29, 1.82) is 0 Å². The molecule has 3 heterocycles. The van der Waals surface area contributed by atoms with E-state index in [1.807, 2.05) is 12.1 Å². The molecule has 0 radical (unpaired) electrons. The van der Waals surface area contributed by atoms with E-state index in [1.165, 1.54) is 17.8 Å². The summed E-state index contributed by atoms with van der Waals surface area (Å²) in [5, 5.41) is 13.2. The molecular formula is C17H13ClN6O3. The number of hydrogen-bond donors (Lipinski definition) is 1. The van der Waals surface area contributed by atoms with Gasteiger partial charge in [-0.1, -0.05) is 23.7 Å². The van der Waals surface area contributed by atoms with Gasteiger partial charge >= 0.3 is 0 Å². The highest BCUT2D eigenvalue weighted by atomic mass is 35.5. The average Bonchev–Trinajstić information content (AvgIpc) is 3.09. The average molecular weight is 385 g/mol. The van der Waals surface area contributed by atoms with Crippen molar-refractivity contribution in [3.05, 3.63) is 58.1 Å². The Labute approximate surface area is 157 Å². The molecule has 4 rings (SSSR count). The van der Waals surface area contributed by atoms with Crippen LogP contribution in [0.15, 0.2) is 47.5 Å². The van der Waals surface area contributed by atoms with Crippen LogP contribution in [-0.4, -0.2) is 44.1 Å². The summed E-state index contributed by atoms with van der Waals surface area (Å²) in [6, 6.07) is 8.89. The van der Waals surface area contributed by atoms with Gasteiger partial charge in [0.25, 0.3) is 11.5 Å². The first-order valence-electron chi connectivity index (χ1n) is 7.89. The lowest BCUT2D eigenvalue weighted by Crippen LogP contribution is -2.35. The van der Waals surface area contributed by atoms with Crippen LogP contribution < -0.4 is 11.0 Å². The first-order chi connectivity index (χ1) is 13.1. The predicted octanol–water partition coefficient (Wildman–Crippen LogP) is 1.48. The number of hydrogen-bond acceptors (Lipinski definition) is 6. The Morgan fingerprint density at radius 3 is 2.74 bits per heavy atom. The molecule has 9 nitrogen and oxygen atoms in total. The minimum atomic E-state index is -0.519. The second-order valence-electron chi connectivity index (χ2n) is 5.69. The number of fused-ring (bicyclic) bond motifs is 3. The highest BCUT2D eigenvalue weighted by Gasteiger charge is 2.15. The third-order valence-corrected chi connectivity index (χ3v) is 4.19. The van der Waals surface area contributed by atoms with Crippen LogP contribution in [0.4, 0.5) is 0 Å². The number of carbonyl (C=O) groups is 1. The number of nitrogens with zero attached hydrogens (tertiary/aromatic N) is 5. The number of pyridine rings is 1. The summed E-state index contributed by atoms with van der Waals surface area (Å²) in [6.07, 6.45) is 3.08. The van der Waals surface area contributed by atoms with Crippen LogP contribution in [0.5, 0.6) is 0 Å². The zero-order valence-electron chi connectivity index (χ0n) is 14.1. The smallest absolute Gasteiger partial charge is 0.299 e. The van der Waals surface area contributed by atoms with Crippen LogP contribution in [-0.2, 0) is 9.53 Å². The minimum absolute atomic E-state index is 0.0773. The minimum Gasteiger partial charge on any atom is -0.375 e. The van der Waals surface area contributed by atoms with E-state index >= 15 is 0 Å². The van der Waals surface area contributed by atoms with Crippen molar-refractivity contribution < 1.29 is 9.53 Å². The van der Waals surface area contributed by atoms with Gasteiger partial charge in [0.15, 0.2) is 11.2 Å². The Hall–Kier alpha value is -3.30. The molecule has 0 spiro atoms. The second kappa shape index (κ2) is 6.78. The maximum Gasteiger partial charge on any atom is 0.299 e. The molecule has 0 aliphatic carbocycles. The van der Waals surface area contributed by atoms with Crippen LogP contribution in [0, 0.1) is 0 Å². The van der Waals surface area contributed by atoms with Crippen molar-refractivity contribution in [3.63, 3.8) is 0 Å². The summed E-state index contributed by atoms with van der Waals surface area (Å²) in [6.45, 7) is -0.168. The fourth-order valence-electron chi connectivity index (χ4n) is 2.71. The van der Waals surface area contributed by atoms with Crippen LogP contribution in [0.3, 0.4) is 0 Å². The number of aromatic nitrogens is 5. The normalized spacial score (nSPS) is 11.2. The van der Waals surface area contributed by atoms with Gasteiger partial charge in [-0.3, -0.25) is 15.0 Å². The van der Waals surface area contributed by atoms with E-state index in [0.717, 1.165) is 15.8 Å². The number of benzene rings is 1. The molecule has 1 aromatic carbocycles. The van der Waals surface area contributed by atoms with Gasteiger partial charge in [0.1, 0.15) is 12.1 Å². The molecule has 1 N–H and O–H groups in total. The highest BCUT2D eigenvalue weighted by Crippen LogP contribution is 2.25. The number of halogens is 1. The molecule has 0 aliphatic rings. The molecule has 0 aliphatic heterocycles. The third-order valence-electron chi connectivity index (χ3n) is 3.94. The van der Waals surface area contributed by atoms with Gasteiger partial charge in [0.05, 0.1) is 6.20 Å². The first kappa shape index (κ1) is 17.1. The van der Waals surface area contributed by atoms with Crippen molar-refractivity contribution >= 4 is 34.2 Å². The van der Waals surface area contributed by atoms with Crippen molar-refractivity contribution in [1.82, 2.24) is 24.5 Å². The number of carbonyl (C=O) groups excluding carboxylic acids is 1. The molecule has 0 saturated heterocycles. The summed E-state index contributed by atoms with van der Waals surface area (Å²) < 4.78 is 7.31. The summed E-state index contributed by atoms with van der Waals surface area (Å²) in [7, 11) is 1.39. The summed E-state index contributed by atoms with van der Waals surface area (Å²) in [5.41, 5.74) is 4.60. The van der Waals surface area contributed by atoms with E-state index in [2.05, 4.69) is 20.7 Å². The molecular weight excluding hydrogens is 372 g/mol. The molecule has 27 heavy (non-hydrogen) atoms. The Kier molecular flexibility index (Phi) is 4.30. The van der Waals surface area contributed by atoms with E-state index in [9.17, 15) is 9.59 Å². The van der Waals surface area contributed by atoms with Gasteiger partial charge < -0.3 is 4.74 Å². The SMILES string of the molecule is COCC(=O)Nn1ccc2c(nnc3c(-c4ccc(Cl)cc4)cnn32)c1=O. The molecule has 136 valence electrons. The molecule has 0 bridgehead atoms. The Morgan fingerprint density at radius 2 is 2.00 bits per heavy atom. The fourth-order valence-corrected chi connectivity index (χ4v) is 2.84. The van der Waals surface area contributed by atoms with Crippen molar-refractivity contribution in [3.8, 4) is 11.1 Å². The molecule has 0 saturated carbocycles. The highest BCUT2D eigenvalue weighted by molar-refractivity contribution is 6.30. The van der Waals surface area contributed by atoms with Gasteiger partial charge in [-0.25, -0.2) is 9.19 Å². The van der Waals surface area contributed by atoms with Gasteiger partial charge in [-0.15, -0.1) is 10.2 Å². The quantitative estimate of drug-likeness (QED) is 0.571. The Bertz CT molecular complexity index is 1220. The molecule has 3 aromatic heterocycles. The first-order valence-corrected chi connectivity index (χ1v) is 8.27. The summed E-state index contributed by atoms with van der Waals surface area (Å²) in [5.74, 6) is -0.461. The monoisotopic (exact) mass is 384 g/mol. The fraction of sp³-hybridized carbons (Fsp3) is 0.118. The maximum atomic E-state index is 12.6. The molecule has 4 aromatic rings. The zero-order chi connectivity index (χ0) is 19.0. The van der Waals surface area contributed by atoms with Gasteiger partial charge in [0, 0.05) is 23.9 Å². The van der Waals surface area contributed by atoms with Crippen molar-refractivity contribution in [2.75, 3.05) is 19.1 Å². The topological polar surface area (TPSA) is 103 Å². The van der Waals surface area contributed by atoms with E-state index in [0.29, 0.717) is 16.2 Å². The molecule has 0 atom stereocenters. The van der Waals surface area contributed by atoms with E-state index in [-0.39, 0.29) is 12.1 Å². The van der Waals surface area contributed by atoms with Crippen molar-refractivity contribution in [2.24, 2.45) is 0 Å². The Morgan fingerprint density at radius 1 is 1.22 bits per heavy atom. The number of methoxy groups -OCH3 is 1. The largest absolute Gasteiger partial charge is 0.375 e. The lowest BCUT2D eigenvalue weighted by Gasteiger charge is -2.08. The third kappa shape index (κ3) is 3.03. The number of amides is 1. The van der Waals surface area contributed by atoms with E-state index in [1.54, 1.807) is 24.4 Å². The lowest BCUT2D eigenvalue weighted by atomic mass is 10.1. The van der Waals surface area contributed by atoms with E-state index < -0.39 is 11.5 Å². The second-order valence-corrected chi connectivity index (χ2v) is 6.13. The molecule has 1 amide bonds.